The zero-order valence-corrected chi connectivity index (χ0v) is 55.2. The molecule has 0 aromatic carbocycles. The summed E-state index contributed by atoms with van der Waals surface area (Å²) in [6.07, 6.45) is -46.3. The van der Waals surface area contributed by atoms with Crippen molar-refractivity contribution in [1.29, 1.82) is 0 Å². The van der Waals surface area contributed by atoms with E-state index in [2.05, 4.69) is 33.8 Å². The molecule has 0 radical (unpaired) electrons. The smallest absolute Gasteiger partial charge is 0.315 e. The molecule has 4 saturated carbocycles. The molecule has 0 aromatic heterocycles. The van der Waals surface area contributed by atoms with E-state index in [0.29, 0.717) is 38.5 Å². The number of hydrogen-bond donors (Lipinski definition) is 19. The molecule has 19 N–H and O–H groups in total. The highest BCUT2D eigenvalue weighted by atomic mass is 16.8. The summed E-state index contributed by atoms with van der Waals surface area (Å²) in [4.78, 5) is 15.5. The molecule has 0 bridgehead atoms. The van der Waals surface area contributed by atoms with E-state index in [9.17, 15) is 97.0 Å². The third-order valence-electron chi connectivity index (χ3n) is 24.8. The van der Waals surface area contributed by atoms with Crippen LogP contribution in [-0.4, -0.2) is 326 Å². The van der Waals surface area contributed by atoms with Gasteiger partial charge in [-0.1, -0.05) is 53.2 Å². The Bertz CT molecular complexity index is 2710. The predicted octanol–water partition coefficient (Wildman–Crippen LogP) is -6.14. The van der Waals surface area contributed by atoms with E-state index in [1.807, 2.05) is 6.92 Å². The summed E-state index contributed by atoms with van der Waals surface area (Å²) in [7, 11) is 0. The Kier molecular flexibility index (Phi) is 21.8. The zero-order chi connectivity index (χ0) is 70.2. The molecular formula is C64H104O32. The van der Waals surface area contributed by atoms with E-state index < -0.39 is 268 Å². The van der Waals surface area contributed by atoms with Gasteiger partial charge in [0, 0.05) is 11.3 Å². The van der Waals surface area contributed by atoms with Crippen LogP contribution in [0.3, 0.4) is 0 Å². The average molecular weight is 1390 g/mol. The van der Waals surface area contributed by atoms with Crippen molar-refractivity contribution in [2.24, 2.45) is 50.2 Å². The number of rotatable bonds is 15. The first-order valence-corrected chi connectivity index (χ1v) is 33.7. The van der Waals surface area contributed by atoms with E-state index in [4.69, 9.17) is 56.8 Å². The highest BCUT2D eigenvalue weighted by Crippen LogP contribution is 2.76. The van der Waals surface area contributed by atoms with Crippen LogP contribution in [0.5, 0.6) is 0 Å². The molecule has 32 heteroatoms. The Morgan fingerprint density at radius 1 is 0.490 bits per heavy atom. The van der Waals surface area contributed by atoms with Gasteiger partial charge in [0.2, 0.25) is 6.29 Å². The van der Waals surface area contributed by atoms with Crippen LogP contribution < -0.4 is 0 Å². The van der Waals surface area contributed by atoms with Gasteiger partial charge in [-0.15, -0.1) is 0 Å². The van der Waals surface area contributed by atoms with Gasteiger partial charge in [-0.05, 0) is 98.7 Å². The van der Waals surface area contributed by atoms with Gasteiger partial charge >= 0.3 is 5.97 Å². The van der Waals surface area contributed by atoms with Crippen LogP contribution >= 0.6 is 0 Å². The van der Waals surface area contributed by atoms with Crippen molar-refractivity contribution < 1.29 is 159 Å². The second kappa shape index (κ2) is 27.9. The Labute approximate surface area is 555 Å². The second-order valence-corrected chi connectivity index (χ2v) is 31.1. The third kappa shape index (κ3) is 12.6. The molecule has 11 aliphatic rings. The molecule has 10 fully saturated rings. The van der Waals surface area contributed by atoms with E-state index in [0.717, 1.165) is 5.57 Å². The number of hydrogen-bond acceptors (Lipinski definition) is 32. The van der Waals surface area contributed by atoms with Crippen molar-refractivity contribution in [3.05, 3.63) is 11.6 Å². The first kappa shape index (κ1) is 75.2. The van der Waals surface area contributed by atoms with Gasteiger partial charge in [0.25, 0.3) is 0 Å². The lowest BCUT2D eigenvalue weighted by molar-refractivity contribution is -0.389. The minimum Gasteiger partial charge on any atom is -0.432 e. The van der Waals surface area contributed by atoms with E-state index >= 15 is 4.79 Å². The lowest BCUT2D eigenvalue weighted by atomic mass is 9.33. The quantitative estimate of drug-likeness (QED) is 0.0412. The summed E-state index contributed by atoms with van der Waals surface area (Å²) < 4.78 is 71.6. The molecule has 6 aliphatic heterocycles. The maximum absolute atomic E-state index is 15.5. The third-order valence-corrected chi connectivity index (χ3v) is 24.8. The van der Waals surface area contributed by atoms with Crippen LogP contribution in [0.4, 0.5) is 0 Å². The summed E-state index contributed by atoms with van der Waals surface area (Å²) in [5.41, 5.74) is -4.08. The molecule has 0 spiro atoms. The Hall–Kier alpha value is -1.99. The maximum atomic E-state index is 15.5. The summed E-state index contributed by atoms with van der Waals surface area (Å²) in [5, 5.41) is 210. The molecule has 6 heterocycles. The molecule has 552 valence electrons. The number of fused-ring (bicyclic) bond motifs is 7. The second-order valence-electron chi connectivity index (χ2n) is 31.1. The number of aliphatic hydroxyl groups excluding tert-OH is 19. The van der Waals surface area contributed by atoms with Crippen molar-refractivity contribution in [2.45, 2.75) is 297 Å². The largest absolute Gasteiger partial charge is 0.432 e. The number of esters is 1. The lowest BCUT2D eigenvalue weighted by Crippen LogP contribution is -2.72. The van der Waals surface area contributed by atoms with E-state index in [1.54, 1.807) is 6.92 Å². The molecule has 6 saturated heterocycles. The fourth-order valence-corrected chi connectivity index (χ4v) is 19.1. The minimum absolute atomic E-state index is 0.0812. The van der Waals surface area contributed by atoms with Gasteiger partial charge < -0.3 is 154 Å². The molecular weight excluding hydrogens is 1280 g/mol. The van der Waals surface area contributed by atoms with E-state index in [-0.39, 0.29) is 24.2 Å². The highest BCUT2D eigenvalue weighted by Gasteiger charge is 2.74. The van der Waals surface area contributed by atoms with Gasteiger partial charge in [-0.25, -0.2) is 0 Å². The summed E-state index contributed by atoms with van der Waals surface area (Å²) >= 11 is 0. The number of ether oxygens (including phenoxy) is 12. The van der Waals surface area contributed by atoms with Crippen molar-refractivity contribution in [2.75, 3.05) is 33.0 Å². The molecule has 39 atom stereocenters. The zero-order valence-electron chi connectivity index (χ0n) is 55.2. The normalized spacial score (nSPS) is 55.9. The molecule has 96 heavy (non-hydrogen) atoms. The fraction of sp³-hybridized carbons (Fsp3) is 0.953. The van der Waals surface area contributed by atoms with Crippen molar-refractivity contribution in [3.8, 4) is 0 Å². The standard InChI is InChI=1S/C64H104O32/c1-23-34(71)38(75)42(79)53(87-23)93-48-32(91-55-43(80)39(76)36(73)30(18-65)89-55)21-86-52(46(48)83)92-47-24(2)88-54(45(82)41(47)78)94-49-35(72)29(70)20-85-57(49)96-58(84)64-13-11-59(3,4)15-26(64)25-9-10-33-60(5)16-28(69)51(95-56-44(81)40(77)37(74)31(19-66)90-56)61(6,22-67)50(60)27(68)17-63(33,8)62(25,7)12-14-64/h9,23-24,26-57,65-83H,10-22H2,1-8H3. The topological polar surface area (TPSA) is 512 Å². The van der Waals surface area contributed by atoms with Crippen LogP contribution in [0.15, 0.2) is 11.6 Å². The molecule has 0 amide bonds. The van der Waals surface area contributed by atoms with Gasteiger partial charge in [0.05, 0.1) is 69.0 Å². The van der Waals surface area contributed by atoms with Gasteiger partial charge in [-0.3, -0.25) is 4.79 Å². The summed E-state index contributed by atoms with van der Waals surface area (Å²) in [5.74, 6) is -2.04. The van der Waals surface area contributed by atoms with E-state index in [1.165, 1.54) is 13.8 Å². The van der Waals surface area contributed by atoms with Crippen LogP contribution in [0.2, 0.25) is 0 Å². The van der Waals surface area contributed by atoms with Crippen molar-refractivity contribution in [3.63, 3.8) is 0 Å². The molecule has 11 rings (SSSR count). The highest BCUT2D eigenvalue weighted by molar-refractivity contribution is 5.79. The number of allylic oxidation sites excluding steroid dienone is 2. The van der Waals surface area contributed by atoms with Gasteiger partial charge in [-0.2, -0.15) is 0 Å². The average Bonchev–Trinajstić information content (AvgIpc) is 0.669. The van der Waals surface area contributed by atoms with Crippen molar-refractivity contribution >= 4 is 5.97 Å². The molecule has 32 nitrogen and oxygen atoms in total. The number of aliphatic hydroxyl groups is 19. The minimum atomic E-state index is -2.05. The van der Waals surface area contributed by atoms with Crippen LogP contribution in [0.25, 0.3) is 0 Å². The monoisotopic (exact) mass is 1380 g/mol. The van der Waals surface area contributed by atoms with Crippen molar-refractivity contribution in [1.82, 2.24) is 0 Å². The summed E-state index contributed by atoms with van der Waals surface area (Å²) in [6.45, 7) is 11.8. The number of carbonyl (C=O) groups excluding carboxylic acids is 1. The molecule has 0 aromatic rings. The number of carbonyl (C=O) groups is 1. The Morgan fingerprint density at radius 3 is 1.62 bits per heavy atom. The van der Waals surface area contributed by atoms with Crippen LogP contribution in [0.1, 0.15) is 107 Å². The fourth-order valence-electron chi connectivity index (χ4n) is 19.1. The lowest BCUT2D eigenvalue weighted by Gasteiger charge is -2.72. The maximum Gasteiger partial charge on any atom is 0.315 e. The Morgan fingerprint density at radius 2 is 1.02 bits per heavy atom. The summed E-state index contributed by atoms with van der Waals surface area (Å²) in [6, 6.07) is 0. The molecule has 5 aliphatic carbocycles. The molecule has 39 unspecified atom stereocenters. The van der Waals surface area contributed by atoms with Crippen LogP contribution in [-0.2, 0) is 61.6 Å². The first-order chi connectivity index (χ1) is 45.0. The predicted molar refractivity (Wildman–Crippen MR) is 317 cm³/mol. The SMILES string of the molecule is CC1OC(OC2C(OC3OC(CO)C(O)C(O)C3O)COC(OC3C(C)OC(OC4C(OC(=O)C56CCC(C)(C)CC5C5=CCC7C8(C)CC(O)C(OC9OC(CO)C(O)C(O)C9O)C(C)(CO)C8C(O)CC7(C)C5(C)CC6)OCC(O)C4O)C(O)C3O)C2O)C(O)C(O)C1O. The van der Waals surface area contributed by atoms with Gasteiger partial charge in [0.15, 0.2) is 37.6 Å². The Balaban J connectivity index is 0.795. The van der Waals surface area contributed by atoms with Gasteiger partial charge in [0.1, 0.15) is 116 Å². The van der Waals surface area contributed by atoms with Crippen LogP contribution in [0, 0.1) is 50.2 Å². The first-order valence-electron chi connectivity index (χ1n) is 33.7.